The van der Waals surface area contributed by atoms with Crippen LogP contribution in [0.25, 0.3) is 0 Å². The molecule has 0 fully saturated rings. The second-order valence-electron chi connectivity index (χ2n) is 3.25. The van der Waals surface area contributed by atoms with Gasteiger partial charge in [-0.1, -0.05) is 18.2 Å². The van der Waals surface area contributed by atoms with E-state index in [1.807, 2.05) is 0 Å². The Bertz CT molecular complexity index is 549. The molecule has 1 amide bonds. The molecule has 0 saturated carbocycles. The van der Waals surface area contributed by atoms with Gasteiger partial charge in [0.15, 0.2) is 5.82 Å². The van der Waals surface area contributed by atoms with Crippen LogP contribution in [0.2, 0.25) is 0 Å². The van der Waals surface area contributed by atoms with Gasteiger partial charge in [0, 0.05) is 18.0 Å². The maximum Gasteiger partial charge on any atom is 0.275 e. The third kappa shape index (κ3) is 2.06. The number of aromatic amines is 1. The summed E-state index contributed by atoms with van der Waals surface area (Å²) in [6.45, 7) is 0. The molecule has 2 rings (SSSR count). The molecule has 6 heteroatoms. The highest BCUT2D eigenvalue weighted by atomic mass is 16.5. The van der Waals surface area contributed by atoms with Crippen LogP contribution in [0.5, 0.6) is 0 Å². The minimum Gasteiger partial charge on any atom is -0.342 e. The van der Waals surface area contributed by atoms with E-state index in [1.165, 1.54) is 30.0 Å². The van der Waals surface area contributed by atoms with Crippen molar-refractivity contribution in [1.29, 1.82) is 0 Å². The first-order valence-corrected chi connectivity index (χ1v) is 4.81. The lowest BCUT2D eigenvalue weighted by Crippen LogP contribution is -2.22. The molecule has 0 bridgehead atoms. The zero-order chi connectivity index (χ0) is 12.3. The minimum atomic E-state index is -0.736. The zero-order valence-electron chi connectivity index (χ0n) is 8.68. The SMILES string of the molecule is O=C(NO)c1ccccc1C(=O)c1ncc[nH]1. The van der Waals surface area contributed by atoms with Gasteiger partial charge in [-0.2, -0.15) is 0 Å². The van der Waals surface area contributed by atoms with Gasteiger partial charge in [0.25, 0.3) is 5.91 Å². The molecule has 0 radical (unpaired) electrons. The lowest BCUT2D eigenvalue weighted by atomic mass is 10.0. The van der Waals surface area contributed by atoms with Crippen molar-refractivity contribution in [3.8, 4) is 0 Å². The predicted octanol–water partition coefficient (Wildman–Crippen LogP) is 0.760. The fourth-order valence-corrected chi connectivity index (χ4v) is 1.46. The Morgan fingerprint density at radius 1 is 1.24 bits per heavy atom. The lowest BCUT2D eigenvalue weighted by molar-refractivity contribution is 0.0703. The maximum absolute atomic E-state index is 12.0. The standard InChI is InChI=1S/C11H9N3O3/c15-9(10-12-5-6-13-10)7-3-1-2-4-8(7)11(16)14-17/h1-6,17H,(H,12,13)(H,14,16). The molecule has 1 heterocycles. The summed E-state index contributed by atoms with van der Waals surface area (Å²) in [5.41, 5.74) is 1.77. The number of hydrogen-bond acceptors (Lipinski definition) is 4. The van der Waals surface area contributed by atoms with Gasteiger partial charge in [-0.3, -0.25) is 14.8 Å². The molecule has 0 unspecified atom stereocenters. The Morgan fingerprint density at radius 2 is 1.94 bits per heavy atom. The molecule has 1 aromatic carbocycles. The number of nitrogens with zero attached hydrogens (tertiary/aromatic N) is 1. The van der Waals surface area contributed by atoms with Gasteiger partial charge in [-0.15, -0.1) is 0 Å². The number of hydrogen-bond donors (Lipinski definition) is 3. The second kappa shape index (κ2) is 4.58. The highest BCUT2D eigenvalue weighted by Crippen LogP contribution is 2.12. The summed E-state index contributed by atoms with van der Waals surface area (Å²) in [6, 6.07) is 6.17. The van der Waals surface area contributed by atoms with E-state index in [0.29, 0.717) is 0 Å². The van der Waals surface area contributed by atoms with Crippen molar-refractivity contribution in [2.75, 3.05) is 0 Å². The van der Waals surface area contributed by atoms with E-state index in [9.17, 15) is 9.59 Å². The van der Waals surface area contributed by atoms with Crippen molar-refractivity contribution in [3.63, 3.8) is 0 Å². The average molecular weight is 231 g/mol. The van der Waals surface area contributed by atoms with E-state index < -0.39 is 11.7 Å². The first-order valence-electron chi connectivity index (χ1n) is 4.81. The van der Waals surface area contributed by atoms with Crippen LogP contribution in [0, 0.1) is 0 Å². The molecule has 2 aromatic rings. The molecule has 0 saturated heterocycles. The van der Waals surface area contributed by atoms with E-state index in [2.05, 4.69) is 9.97 Å². The molecular weight excluding hydrogens is 222 g/mol. The predicted molar refractivity (Wildman–Crippen MR) is 57.7 cm³/mol. The molecule has 0 atom stereocenters. The van der Waals surface area contributed by atoms with Crippen LogP contribution in [0.3, 0.4) is 0 Å². The number of rotatable bonds is 3. The average Bonchev–Trinajstić information content (AvgIpc) is 2.91. The van der Waals surface area contributed by atoms with Gasteiger partial charge in [0.2, 0.25) is 5.78 Å². The number of nitrogens with one attached hydrogen (secondary N) is 2. The maximum atomic E-state index is 12.0. The Hall–Kier alpha value is -2.47. The summed E-state index contributed by atoms with van der Waals surface area (Å²) in [4.78, 5) is 29.8. The topological polar surface area (TPSA) is 95.1 Å². The molecule has 3 N–H and O–H groups in total. The molecule has 0 aliphatic heterocycles. The summed E-state index contributed by atoms with van der Waals surface area (Å²) < 4.78 is 0. The molecule has 86 valence electrons. The number of hydroxylamine groups is 1. The largest absolute Gasteiger partial charge is 0.342 e. The lowest BCUT2D eigenvalue weighted by Gasteiger charge is -2.04. The number of imidazole rings is 1. The second-order valence-corrected chi connectivity index (χ2v) is 3.25. The quantitative estimate of drug-likeness (QED) is 0.413. The molecule has 0 aliphatic rings. The number of carbonyl (C=O) groups is 2. The van der Waals surface area contributed by atoms with Gasteiger partial charge < -0.3 is 4.98 Å². The van der Waals surface area contributed by atoms with Crippen LogP contribution in [0.1, 0.15) is 26.5 Å². The number of ketones is 1. The van der Waals surface area contributed by atoms with Gasteiger partial charge in [-0.25, -0.2) is 10.5 Å². The summed E-state index contributed by atoms with van der Waals surface area (Å²) in [5.74, 6) is -1.00. The minimum absolute atomic E-state index is 0.0939. The Kier molecular flexibility index (Phi) is 2.97. The van der Waals surface area contributed by atoms with Crippen molar-refractivity contribution in [1.82, 2.24) is 15.4 Å². The zero-order valence-corrected chi connectivity index (χ0v) is 8.68. The van der Waals surface area contributed by atoms with Crippen LogP contribution in [-0.4, -0.2) is 26.9 Å². The smallest absolute Gasteiger partial charge is 0.275 e. The van der Waals surface area contributed by atoms with Crippen LogP contribution >= 0.6 is 0 Å². The first kappa shape index (κ1) is 11.0. The number of amides is 1. The van der Waals surface area contributed by atoms with Crippen molar-refractivity contribution in [2.45, 2.75) is 0 Å². The number of aromatic nitrogens is 2. The number of carbonyl (C=O) groups excluding carboxylic acids is 2. The third-order valence-electron chi connectivity index (χ3n) is 2.23. The molecule has 17 heavy (non-hydrogen) atoms. The highest BCUT2D eigenvalue weighted by molar-refractivity contribution is 6.13. The number of H-pyrrole nitrogens is 1. The Balaban J connectivity index is 2.45. The van der Waals surface area contributed by atoms with E-state index in [0.717, 1.165) is 0 Å². The third-order valence-corrected chi connectivity index (χ3v) is 2.23. The van der Waals surface area contributed by atoms with Crippen molar-refractivity contribution < 1.29 is 14.8 Å². The van der Waals surface area contributed by atoms with E-state index >= 15 is 0 Å². The van der Waals surface area contributed by atoms with Crippen molar-refractivity contribution in [3.05, 3.63) is 53.6 Å². The van der Waals surface area contributed by atoms with E-state index in [4.69, 9.17) is 5.21 Å². The fourth-order valence-electron chi connectivity index (χ4n) is 1.46. The van der Waals surface area contributed by atoms with Gasteiger partial charge >= 0.3 is 0 Å². The molecule has 0 aliphatic carbocycles. The van der Waals surface area contributed by atoms with Crippen LogP contribution < -0.4 is 5.48 Å². The Labute approximate surface area is 96.3 Å². The molecule has 1 aromatic heterocycles. The summed E-state index contributed by atoms with van der Waals surface area (Å²) in [6.07, 6.45) is 2.96. The molecule has 6 nitrogen and oxygen atoms in total. The van der Waals surface area contributed by atoms with E-state index in [1.54, 1.807) is 12.1 Å². The molecular formula is C11H9N3O3. The summed E-state index contributed by atoms with van der Waals surface area (Å²) in [5, 5.41) is 8.59. The van der Waals surface area contributed by atoms with Gasteiger partial charge in [0.1, 0.15) is 0 Å². The normalized spacial score (nSPS) is 9.94. The summed E-state index contributed by atoms with van der Waals surface area (Å²) in [7, 11) is 0. The van der Waals surface area contributed by atoms with E-state index in [-0.39, 0.29) is 17.0 Å². The van der Waals surface area contributed by atoms with Crippen LogP contribution in [0.4, 0.5) is 0 Å². The van der Waals surface area contributed by atoms with Crippen LogP contribution in [-0.2, 0) is 0 Å². The highest BCUT2D eigenvalue weighted by Gasteiger charge is 2.18. The summed E-state index contributed by atoms with van der Waals surface area (Å²) >= 11 is 0. The fraction of sp³-hybridized carbons (Fsp3) is 0. The molecule has 0 spiro atoms. The van der Waals surface area contributed by atoms with Crippen molar-refractivity contribution in [2.24, 2.45) is 0 Å². The Morgan fingerprint density at radius 3 is 2.53 bits per heavy atom. The van der Waals surface area contributed by atoms with Crippen LogP contribution in [0.15, 0.2) is 36.7 Å². The number of benzene rings is 1. The monoisotopic (exact) mass is 231 g/mol. The van der Waals surface area contributed by atoms with Gasteiger partial charge in [-0.05, 0) is 6.07 Å². The van der Waals surface area contributed by atoms with Crippen molar-refractivity contribution >= 4 is 11.7 Å². The first-order chi connectivity index (χ1) is 8.24. The van der Waals surface area contributed by atoms with Gasteiger partial charge in [0.05, 0.1) is 5.56 Å².